The number of nitrogens with zero attached hydrogens (tertiary/aromatic N) is 1. The van der Waals surface area contributed by atoms with Crippen LogP contribution in [-0.4, -0.2) is 190 Å². The molecule has 0 aliphatic carbocycles. The number of carbonyl (C=O) groups excluding carboxylic acids is 2. The molecule has 0 aromatic heterocycles. The molecule has 0 bridgehead atoms. The van der Waals surface area contributed by atoms with E-state index in [2.05, 4.69) is 15.6 Å². The normalized spacial score (nSPS) is 20.5. The van der Waals surface area contributed by atoms with Crippen LogP contribution >= 0.6 is 0 Å². The predicted molar refractivity (Wildman–Crippen MR) is 347 cm³/mol. The van der Waals surface area contributed by atoms with Crippen molar-refractivity contribution in [3.63, 3.8) is 0 Å². The number of hydrogen-bond acceptors (Lipinski definition) is 19. The van der Waals surface area contributed by atoms with Crippen LogP contribution in [0.2, 0.25) is 0 Å². The number of unbranched alkanes of at least 4 members (excludes halogenated alkanes) is 1. The molecule has 16 unspecified atom stereocenters. The molecule has 1 fully saturated rings. The van der Waals surface area contributed by atoms with Gasteiger partial charge in [0.05, 0.1) is 67.1 Å². The second-order valence-electron chi connectivity index (χ2n) is 22.4. The Morgan fingerprint density at radius 1 is 0.622 bits per heavy atom. The van der Waals surface area contributed by atoms with E-state index < -0.39 is 114 Å². The Morgan fingerprint density at radius 3 is 1.67 bits per heavy atom. The highest BCUT2D eigenvalue weighted by Gasteiger charge is 2.32. The van der Waals surface area contributed by atoms with Gasteiger partial charge in [-0.25, -0.2) is 8.98 Å². The van der Waals surface area contributed by atoms with Crippen molar-refractivity contribution >= 4 is 34.0 Å². The van der Waals surface area contributed by atoms with Gasteiger partial charge in [-0.2, -0.15) is 8.42 Å². The number of aliphatic hydroxyl groups excluding tert-OH is 11. The van der Waals surface area contributed by atoms with Crippen LogP contribution < -0.4 is 16.4 Å². The molecule has 1 heterocycles. The smallest absolute Gasteiger partial charge is 0.397 e. The fraction of sp³-hybridized carbons (Fsp3) is 0.545. The fourth-order valence-corrected chi connectivity index (χ4v) is 9.38. The van der Waals surface area contributed by atoms with Crippen LogP contribution in [0, 0.1) is 17.8 Å². The van der Waals surface area contributed by atoms with Gasteiger partial charge in [-0.05, 0) is 84.1 Å². The topological polar surface area (TPSA) is 420 Å². The summed E-state index contributed by atoms with van der Waals surface area (Å²) < 4.78 is 37.4. The SMILES string of the molecule is C\C(=C/C=C/C=C/CC/C=C/C(C)C(O)C(C)C(O)/C=C/C=C/C=C/C=C/C=C/C=C\C(OS(=O)(=O)O)C(C)C(=O)C(O)CC(O)/C=C/CC(O)CC(O)CC(O)/C=C/CC(O)CC(O)/C=C/CC(O)CC(O)CCCN=C(N)NC(=O)C1CCCN1)C(=O)O. The third-order valence-corrected chi connectivity index (χ3v) is 14.7. The van der Waals surface area contributed by atoms with Crippen LogP contribution in [0.5, 0.6) is 0 Å². The molecule has 90 heavy (non-hydrogen) atoms. The molecular formula is C66H102N4O19S. The number of nitrogens with two attached hydrogens (primary N) is 1. The van der Waals surface area contributed by atoms with E-state index in [1.807, 2.05) is 31.2 Å². The molecular weight excluding hydrogens is 1180 g/mol. The first-order chi connectivity index (χ1) is 42.6. The maximum absolute atomic E-state index is 13.1. The van der Waals surface area contributed by atoms with Gasteiger partial charge in [0.2, 0.25) is 5.91 Å². The molecule has 16 atom stereocenters. The lowest BCUT2D eigenvalue weighted by atomic mass is 9.88. The van der Waals surface area contributed by atoms with Crippen molar-refractivity contribution in [3.05, 3.63) is 157 Å². The van der Waals surface area contributed by atoms with E-state index in [9.17, 15) is 83.5 Å². The number of nitrogens with one attached hydrogen (secondary N) is 2. The van der Waals surface area contributed by atoms with Crippen LogP contribution in [0.3, 0.4) is 0 Å². The Bertz CT molecular complexity index is 2620. The second-order valence-corrected chi connectivity index (χ2v) is 23.4. The summed E-state index contributed by atoms with van der Waals surface area (Å²) >= 11 is 0. The fourth-order valence-electron chi connectivity index (χ4n) is 8.87. The molecule has 24 heteroatoms. The summed E-state index contributed by atoms with van der Waals surface area (Å²) in [6.07, 6.45) is 30.0. The molecule has 1 rings (SSSR count). The first-order valence-electron chi connectivity index (χ1n) is 30.5. The lowest BCUT2D eigenvalue weighted by Gasteiger charge is -2.25. The molecule has 17 N–H and O–H groups in total. The summed E-state index contributed by atoms with van der Waals surface area (Å²) in [5, 5.41) is 130. The number of rotatable bonds is 46. The molecule has 1 aliphatic heterocycles. The third kappa shape index (κ3) is 41.5. The number of allylic oxidation sites excluding steroid dienone is 16. The molecule has 0 saturated carbocycles. The number of carboxylic acids is 1. The summed E-state index contributed by atoms with van der Waals surface area (Å²) in [4.78, 5) is 40.1. The summed E-state index contributed by atoms with van der Waals surface area (Å²) in [5.74, 6) is -4.04. The summed E-state index contributed by atoms with van der Waals surface area (Å²) in [5.41, 5.74) is 6.02. The number of Topliss-reactive ketones (excluding diaryl/α,β-unsaturated/α-hetero) is 1. The van der Waals surface area contributed by atoms with Crippen LogP contribution in [0.1, 0.15) is 118 Å². The van der Waals surface area contributed by atoms with E-state index in [1.54, 1.807) is 79.8 Å². The van der Waals surface area contributed by atoms with E-state index in [0.29, 0.717) is 12.8 Å². The number of carboxylic acid groups (broad SMARTS) is 1. The minimum Gasteiger partial charge on any atom is -0.478 e. The maximum Gasteiger partial charge on any atom is 0.397 e. The Balaban J connectivity index is 2.47. The summed E-state index contributed by atoms with van der Waals surface area (Å²) in [7, 11) is -5.05. The van der Waals surface area contributed by atoms with E-state index >= 15 is 0 Å². The van der Waals surface area contributed by atoms with Crippen molar-refractivity contribution in [2.75, 3.05) is 13.1 Å². The van der Waals surface area contributed by atoms with Crippen LogP contribution in [0.15, 0.2) is 162 Å². The van der Waals surface area contributed by atoms with Gasteiger partial charge in [-0.1, -0.05) is 173 Å². The maximum atomic E-state index is 13.1. The van der Waals surface area contributed by atoms with Crippen LogP contribution in [0.4, 0.5) is 0 Å². The number of amides is 1. The minimum atomic E-state index is -5.05. The van der Waals surface area contributed by atoms with Crippen molar-refractivity contribution in [1.82, 2.24) is 10.6 Å². The predicted octanol–water partition coefficient (Wildman–Crippen LogP) is 4.19. The Labute approximate surface area is 531 Å². The van der Waals surface area contributed by atoms with Gasteiger partial charge < -0.3 is 72.3 Å². The lowest BCUT2D eigenvalue weighted by molar-refractivity contribution is -0.134. The highest BCUT2D eigenvalue weighted by molar-refractivity contribution is 7.80. The quantitative estimate of drug-likeness (QED) is 0.00772. The van der Waals surface area contributed by atoms with Crippen molar-refractivity contribution in [2.45, 2.75) is 197 Å². The number of ketones is 1. The summed E-state index contributed by atoms with van der Waals surface area (Å²) in [6.45, 7) is 7.48. The van der Waals surface area contributed by atoms with Gasteiger partial charge in [0.15, 0.2) is 11.7 Å². The number of carbonyl (C=O) groups is 3. The molecule has 0 aromatic carbocycles. The Kier molecular flexibility index (Phi) is 43.7. The van der Waals surface area contributed by atoms with Crippen molar-refractivity contribution in [3.8, 4) is 0 Å². The van der Waals surface area contributed by atoms with Crippen molar-refractivity contribution in [1.29, 1.82) is 0 Å². The average molecular weight is 1290 g/mol. The molecule has 0 spiro atoms. The zero-order chi connectivity index (χ0) is 67.4. The van der Waals surface area contributed by atoms with E-state index in [0.717, 1.165) is 32.2 Å². The van der Waals surface area contributed by atoms with Crippen LogP contribution in [-0.2, 0) is 29.0 Å². The number of aliphatic carboxylic acids is 1. The van der Waals surface area contributed by atoms with E-state index in [4.69, 9.17) is 15.0 Å². The standard InChI is InChI=1S/C66H102N4O19S/c1-46(27-18-14-10-9-11-15-19-28-47(2)65(84)85)62(81)48(3)59(79)37-20-16-12-7-5-6-8-13-17-21-38-61(89-90(86,87)88)49(4)63(82)60(80)45-56(77)34-24-33-54(75)44-57(78)43-53(74)32-23-31-51(72)41-50(71)29-22-30-52(73)42-55(76)35-25-40-69-66(67)70-64(83)58-36-26-39-68-58/h5-9,11-13,15-24,27-29,32,34,37-38,46,48-62,68,71-81H,10,14,25-26,30-31,33,35-36,39-45H2,1-4H3,(H,84,85)(H,86,87,88)(H3,67,69,70,83)/b7-5+,8-6+,11-9+,16-12+,17-13+,19-15+,27-18+,29-22+,32-23+,34-24+,37-20+,38-21-,47-28+. The molecule has 0 aromatic rings. The molecule has 506 valence electrons. The molecule has 23 nitrogen and oxygen atoms in total. The third-order valence-electron chi connectivity index (χ3n) is 14.2. The highest BCUT2D eigenvalue weighted by Crippen LogP contribution is 2.21. The van der Waals surface area contributed by atoms with E-state index in [-0.39, 0.29) is 80.9 Å². The lowest BCUT2D eigenvalue weighted by Crippen LogP contribution is -2.46. The average Bonchev–Trinajstić information content (AvgIpc) is 3.91. The van der Waals surface area contributed by atoms with Gasteiger partial charge in [0.1, 0.15) is 12.2 Å². The molecule has 1 amide bonds. The minimum absolute atomic E-state index is 0.0104. The summed E-state index contributed by atoms with van der Waals surface area (Å²) in [6, 6.07) is -0.282. The highest BCUT2D eigenvalue weighted by atomic mass is 32.3. The van der Waals surface area contributed by atoms with Crippen molar-refractivity contribution < 1.29 is 92.8 Å². The number of guanidine groups is 1. The Morgan fingerprint density at radius 2 is 1.12 bits per heavy atom. The van der Waals surface area contributed by atoms with Gasteiger partial charge in [-0.3, -0.25) is 24.5 Å². The zero-order valence-corrected chi connectivity index (χ0v) is 53.0. The second kappa shape index (κ2) is 47.9. The number of aliphatic imine (C=N–C) groups is 1. The van der Waals surface area contributed by atoms with Gasteiger partial charge in [-0.15, -0.1) is 0 Å². The molecule has 1 saturated heterocycles. The van der Waals surface area contributed by atoms with Gasteiger partial charge in [0.25, 0.3) is 0 Å². The van der Waals surface area contributed by atoms with Crippen LogP contribution in [0.25, 0.3) is 0 Å². The monoisotopic (exact) mass is 1290 g/mol. The van der Waals surface area contributed by atoms with Gasteiger partial charge >= 0.3 is 16.4 Å². The molecule has 0 radical (unpaired) electrons. The Hall–Kier alpha value is -5.91. The zero-order valence-electron chi connectivity index (χ0n) is 52.2. The van der Waals surface area contributed by atoms with Gasteiger partial charge in [0, 0.05) is 49.1 Å². The largest absolute Gasteiger partial charge is 0.478 e. The first-order valence-corrected chi connectivity index (χ1v) is 31.9. The number of aliphatic hydroxyl groups is 11. The first kappa shape index (κ1) is 82.1. The molecule has 1 aliphatic rings. The van der Waals surface area contributed by atoms with Crippen molar-refractivity contribution in [2.24, 2.45) is 28.5 Å². The van der Waals surface area contributed by atoms with E-state index in [1.165, 1.54) is 68.5 Å². The number of hydrogen-bond donors (Lipinski definition) is 16.